The topological polar surface area (TPSA) is 171 Å². The molecule has 0 aromatic carbocycles. The maximum Gasteiger partial charge on any atom is 0.326 e. The average molecular weight is 388 g/mol. The van der Waals surface area contributed by atoms with Crippen molar-refractivity contribution >= 4 is 23.7 Å². The Morgan fingerprint density at radius 2 is 1.48 bits per heavy atom. The summed E-state index contributed by atoms with van der Waals surface area (Å²) in [5.41, 5.74) is 5.69. The van der Waals surface area contributed by atoms with Gasteiger partial charge in [0.05, 0.1) is 12.6 Å². The Morgan fingerprint density at radius 3 is 1.89 bits per heavy atom. The van der Waals surface area contributed by atoms with E-state index >= 15 is 0 Å². The largest absolute Gasteiger partial charge is 0.480 e. The van der Waals surface area contributed by atoms with E-state index in [1.165, 1.54) is 6.92 Å². The lowest BCUT2D eigenvalue weighted by molar-refractivity contribution is -0.143. The Balaban J connectivity index is 4.87. The first-order valence-electron chi connectivity index (χ1n) is 8.96. The molecule has 0 aliphatic carbocycles. The van der Waals surface area contributed by atoms with E-state index in [4.69, 9.17) is 5.73 Å². The number of carbonyl (C=O) groups is 4. The van der Waals surface area contributed by atoms with Crippen molar-refractivity contribution in [2.45, 2.75) is 65.2 Å². The number of hydrogen-bond acceptors (Lipinski definition) is 6. The molecule has 0 fully saturated rings. The maximum absolute atomic E-state index is 12.2. The quantitative estimate of drug-likeness (QED) is 0.252. The van der Waals surface area contributed by atoms with Gasteiger partial charge in [0.1, 0.15) is 18.1 Å². The van der Waals surface area contributed by atoms with E-state index in [9.17, 15) is 29.4 Å². The van der Waals surface area contributed by atoms with Gasteiger partial charge in [-0.2, -0.15) is 0 Å². The number of carboxylic acid groups (broad SMARTS) is 1. The molecule has 0 saturated carbocycles. The Hall–Kier alpha value is -2.20. The molecule has 0 heterocycles. The van der Waals surface area contributed by atoms with Crippen molar-refractivity contribution in [2.24, 2.45) is 17.6 Å². The zero-order valence-corrected chi connectivity index (χ0v) is 16.5. The molecule has 0 radical (unpaired) electrons. The third kappa shape index (κ3) is 7.92. The van der Waals surface area contributed by atoms with Crippen LogP contribution >= 0.6 is 0 Å². The Labute approximate surface area is 159 Å². The highest BCUT2D eigenvalue weighted by molar-refractivity contribution is 5.94. The fourth-order valence-corrected chi connectivity index (χ4v) is 2.11. The lowest BCUT2D eigenvalue weighted by Gasteiger charge is -2.24. The molecule has 0 aromatic heterocycles. The normalized spacial score (nSPS) is 16.6. The zero-order chi connectivity index (χ0) is 21.3. The molecule has 0 aliphatic rings. The van der Waals surface area contributed by atoms with E-state index in [0.29, 0.717) is 6.42 Å². The minimum atomic E-state index is -1.28. The predicted octanol–water partition coefficient (Wildman–Crippen LogP) is -1.43. The second-order valence-corrected chi connectivity index (χ2v) is 6.95. The van der Waals surface area contributed by atoms with Crippen molar-refractivity contribution in [3.63, 3.8) is 0 Å². The van der Waals surface area contributed by atoms with Crippen molar-refractivity contribution < 1.29 is 29.4 Å². The van der Waals surface area contributed by atoms with Gasteiger partial charge in [-0.25, -0.2) is 4.79 Å². The van der Waals surface area contributed by atoms with Crippen LogP contribution in [-0.4, -0.2) is 64.7 Å². The van der Waals surface area contributed by atoms with Crippen LogP contribution in [0.2, 0.25) is 0 Å². The summed E-state index contributed by atoms with van der Waals surface area (Å²) in [5, 5.41) is 25.6. The minimum Gasteiger partial charge on any atom is -0.480 e. The number of carboxylic acids is 1. The van der Waals surface area contributed by atoms with Gasteiger partial charge in [-0.1, -0.05) is 34.1 Å². The SMILES string of the molecule is CCC(C)C(NC(=O)C(C)NC(=O)C(CO)NC(=O)C(N)C(C)C)C(=O)O. The first-order chi connectivity index (χ1) is 12.5. The Morgan fingerprint density at radius 1 is 0.926 bits per heavy atom. The predicted molar refractivity (Wildman–Crippen MR) is 98.5 cm³/mol. The highest BCUT2D eigenvalue weighted by Gasteiger charge is 2.30. The van der Waals surface area contributed by atoms with Crippen LogP contribution in [0.1, 0.15) is 41.0 Å². The van der Waals surface area contributed by atoms with Gasteiger partial charge in [0.2, 0.25) is 17.7 Å². The number of carbonyl (C=O) groups excluding carboxylic acids is 3. The van der Waals surface area contributed by atoms with Gasteiger partial charge in [-0.05, 0) is 18.8 Å². The fraction of sp³-hybridized carbons (Fsp3) is 0.765. The Bertz CT molecular complexity index is 540. The van der Waals surface area contributed by atoms with Crippen molar-refractivity contribution in [1.82, 2.24) is 16.0 Å². The molecule has 5 atom stereocenters. The fourth-order valence-electron chi connectivity index (χ4n) is 2.11. The van der Waals surface area contributed by atoms with Gasteiger partial charge >= 0.3 is 5.97 Å². The number of nitrogens with one attached hydrogen (secondary N) is 3. The molecule has 10 heteroatoms. The highest BCUT2D eigenvalue weighted by Crippen LogP contribution is 2.08. The molecule has 27 heavy (non-hydrogen) atoms. The number of amides is 3. The summed E-state index contributed by atoms with van der Waals surface area (Å²) >= 11 is 0. The van der Waals surface area contributed by atoms with Crippen LogP contribution in [0.5, 0.6) is 0 Å². The summed E-state index contributed by atoms with van der Waals surface area (Å²) < 4.78 is 0. The van der Waals surface area contributed by atoms with E-state index in [0.717, 1.165) is 0 Å². The number of aliphatic hydroxyl groups is 1. The molecule has 0 spiro atoms. The molecule has 0 saturated heterocycles. The van der Waals surface area contributed by atoms with Crippen molar-refractivity contribution in [3.05, 3.63) is 0 Å². The van der Waals surface area contributed by atoms with Crippen molar-refractivity contribution in [1.29, 1.82) is 0 Å². The van der Waals surface area contributed by atoms with E-state index in [2.05, 4.69) is 16.0 Å². The molecule has 3 amide bonds. The number of hydrogen-bond donors (Lipinski definition) is 6. The lowest BCUT2D eigenvalue weighted by Crippen LogP contribution is -2.58. The van der Waals surface area contributed by atoms with Crippen molar-refractivity contribution in [3.8, 4) is 0 Å². The molecule has 0 aromatic rings. The van der Waals surface area contributed by atoms with E-state index in [-0.39, 0.29) is 11.8 Å². The number of aliphatic carboxylic acids is 1. The van der Waals surface area contributed by atoms with Crippen LogP contribution in [-0.2, 0) is 19.2 Å². The van der Waals surface area contributed by atoms with Crippen molar-refractivity contribution in [2.75, 3.05) is 6.61 Å². The van der Waals surface area contributed by atoms with E-state index in [1.807, 2.05) is 0 Å². The van der Waals surface area contributed by atoms with E-state index < -0.39 is 54.5 Å². The summed E-state index contributed by atoms with van der Waals surface area (Å²) in [7, 11) is 0. The number of aliphatic hydroxyl groups excluding tert-OH is 1. The summed E-state index contributed by atoms with van der Waals surface area (Å²) in [5.74, 6) is -3.68. The smallest absolute Gasteiger partial charge is 0.326 e. The van der Waals surface area contributed by atoms with Crippen LogP contribution in [0.15, 0.2) is 0 Å². The van der Waals surface area contributed by atoms with Gasteiger partial charge in [0, 0.05) is 0 Å². The van der Waals surface area contributed by atoms with Crippen LogP contribution in [0.4, 0.5) is 0 Å². The zero-order valence-electron chi connectivity index (χ0n) is 16.5. The number of rotatable bonds is 11. The van der Waals surface area contributed by atoms with Gasteiger partial charge < -0.3 is 31.9 Å². The average Bonchev–Trinajstić information content (AvgIpc) is 2.61. The van der Waals surface area contributed by atoms with E-state index in [1.54, 1.807) is 27.7 Å². The highest BCUT2D eigenvalue weighted by atomic mass is 16.4. The summed E-state index contributed by atoms with van der Waals surface area (Å²) in [4.78, 5) is 47.6. The van der Waals surface area contributed by atoms with Gasteiger partial charge in [-0.3, -0.25) is 14.4 Å². The second kappa shape index (κ2) is 11.5. The maximum atomic E-state index is 12.2. The summed E-state index contributed by atoms with van der Waals surface area (Å²) in [6.45, 7) is 7.66. The second-order valence-electron chi connectivity index (χ2n) is 6.95. The monoisotopic (exact) mass is 388 g/mol. The van der Waals surface area contributed by atoms with Crippen LogP contribution in [0, 0.1) is 11.8 Å². The Kier molecular flexibility index (Phi) is 10.6. The van der Waals surface area contributed by atoms with Crippen LogP contribution in [0.25, 0.3) is 0 Å². The first kappa shape index (κ1) is 24.8. The van der Waals surface area contributed by atoms with Gasteiger partial charge in [0.15, 0.2) is 0 Å². The molecule has 156 valence electrons. The van der Waals surface area contributed by atoms with Crippen LogP contribution < -0.4 is 21.7 Å². The first-order valence-corrected chi connectivity index (χ1v) is 8.96. The standard InChI is InChI=1S/C17H32N4O6/c1-6-9(4)13(17(26)27)21-14(23)10(5)19-15(24)11(7-22)20-16(25)12(18)8(2)3/h8-13,22H,6-7,18H2,1-5H3,(H,19,24)(H,20,25)(H,21,23)(H,26,27). The summed E-state index contributed by atoms with van der Waals surface area (Å²) in [6.07, 6.45) is 0.548. The third-order valence-electron chi connectivity index (χ3n) is 4.37. The lowest BCUT2D eigenvalue weighted by atomic mass is 9.99. The van der Waals surface area contributed by atoms with Gasteiger partial charge in [-0.15, -0.1) is 0 Å². The van der Waals surface area contributed by atoms with Crippen LogP contribution in [0.3, 0.4) is 0 Å². The molecular weight excluding hydrogens is 356 g/mol. The summed E-state index contributed by atoms with van der Waals surface area (Å²) in [6, 6.07) is -4.27. The number of nitrogens with two attached hydrogens (primary N) is 1. The molecule has 5 unspecified atom stereocenters. The third-order valence-corrected chi connectivity index (χ3v) is 4.37. The molecule has 0 bridgehead atoms. The minimum absolute atomic E-state index is 0.161. The molecule has 0 rings (SSSR count). The van der Waals surface area contributed by atoms with Gasteiger partial charge in [0.25, 0.3) is 0 Å². The molecule has 0 aliphatic heterocycles. The molecule has 10 nitrogen and oxygen atoms in total. The molecule has 7 N–H and O–H groups in total. The molecular formula is C17H32N4O6.